The van der Waals surface area contributed by atoms with Crippen molar-refractivity contribution in [1.29, 1.82) is 0 Å². The van der Waals surface area contributed by atoms with Crippen LogP contribution in [0.1, 0.15) is 72.1 Å². The summed E-state index contributed by atoms with van der Waals surface area (Å²) in [6, 6.07) is 0. The van der Waals surface area contributed by atoms with Crippen LogP contribution in [0.15, 0.2) is 44.6 Å². The molecule has 0 aromatic heterocycles. The molecule has 0 spiro atoms. The van der Waals surface area contributed by atoms with Crippen molar-refractivity contribution in [1.82, 2.24) is 0 Å². The van der Waals surface area contributed by atoms with Crippen molar-refractivity contribution in [3.8, 4) is 0 Å². The van der Waals surface area contributed by atoms with Gasteiger partial charge >= 0.3 is 0 Å². The second-order valence-corrected chi connectivity index (χ2v) is 6.25. The van der Waals surface area contributed by atoms with Gasteiger partial charge in [0.05, 0.1) is 0 Å². The Morgan fingerprint density at radius 1 is 0.333 bits per heavy atom. The van der Waals surface area contributed by atoms with Gasteiger partial charge in [-0.2, -0.15) is 0 Å². The topological polar surface area (TPSA) is 0 Å². The zero-order valence-corrected chi connectivity index (χ0v) is 18.0. The second kappa shape index (κ2) is 7.86. The van der Waals surface area contributed by atoms with E-state index in [2.05, 4.69) is 69.2 Å². The first-order valence-electron chi connectivity index (χ1n) is 7.50. The van der Waals surface area contributed by atoms with Gasteiger partial charge in [0.2, 0.25) is 0 Å². The van der Waals surface area contributed by atoms with Gasteiger partial charge in [-0.15, -0.1) is 0 Å². The van der Waals surface area contributed by atoms with Crippen molar-refractivity contribution < 1.29 is 2.85 Å². The Labute approximate surface area is 152 Å². The molecule has 119 valence electrons. The van der Waals surface area contributed by atoms with E-state index in [-0.39, 0.29) is 27.3 Å². The molecule has 2 aliphatic carbocycles. The van der Waals surface area contributed by atoms with E-state index in [9.17, 15) is 0 Å². The van der Waals surface area contributed by atoms with Crippen LogP contribution in [0.4, 0.5) is 0 Å². The minimum absolute atomic E-state index is 0. The Morgan fingerprint density at radius 2 is 0.476 bits per heavy atom. The Kier molecular flexibility index (Phi) is 7.78. The maximum atomic E-state index is 2.20. The van der Waals surface area contributed by atoms with Crippen LogP contribution in [0, 0.1) is 11.8 Å². The van der Waals surface area contributed by atoms with Crippen LogP contribution < -0.4 is 0 Å². The van der Waals surface area contributed by atoms with E-state index in [1.165, 1.54) is 56.4 Å². The molecule has 0 N–H and O–H groups in total. The van der Waals surface area contributed by atoms with Gasteiger partial charge in [0, 0.05) is 39.1 Å². The molecular weight excluding hydrogens is 362 g/mol. The standard InChI is InChI=1S/2C10H15.Sb.2H2/c2*1-6-7(2)9(4)10(5)8(6)3;;;/h2*1-5H3;;2*1H. The maximum absolute atomic E-state index is 2.20. The van der Waals surface area contributed by atoms with Crippen molar-refractivity contribution in [2.45, 2.75) is 69.2 Å². The van der Waals surface area contributed by atoms with Crippen LogP contribution in [-0.4, -0.2) is 24.4 Å². The summed E-state index contributed by atoms with van der Waals surface area (Å²) in [6.07, 6.45) is 0. The van der Waals surface area contributed by atoms with Crippen LogP contribution in [0.5, 0.6) is 0 Å². The molecule has 0 saturated heterocycles. The SMILES string of the molecule is C[C]1C(C)=C(C)C(C)=C1C.C[C]1C(C)=C(C)C(C)=C1C.[HH].[HH].[Sb]. The molecule has 0 aromatic rings. The third-order valence-corrected chi connectivity index (χ3v) is 5.62. The maximum Gasteiger partial charge on any atom is 0.0226 e. The molecule has 0 saturated carbocycles. The van der Waals surface area contributed by atoms with E-state index in [0.29, 0.717) is 0 Å². The van der Waals surface area contributed by atoms with E-state index in [1.54, 1.807) is 0 Å². The van der Waals surface area contributed by atoms with Crippen LogP contribution in [0.2, 0.25) is 0 Å². The monoisotopic (exact) mass is 395 g/mol. The molecule has 0 atom stereocenters. The summed E-state index contributed by atoms with van der Waals surface area (Å²) >= 11 is 0. The average Bonchev–Trinajstić information content (AvgIpc) is 2.71. The quantitative estimate of drug-likeness (QED) is 0.403. The fourth-order valence-electron chi connectivity index (χ4n) is 2.81. The molecule has 0 unspecified atom stereocenters. The summed E-state index contributed by atoms with van der Waals surface area (Å²) in [4.78, 5) is 0. The Morgan fingerprint density at radius 3 is 0.524 bits per heavy atom. The van der Waals surface area contributed by atoms with Gasteiger partial charge in [-0.25, -0.2) is 0 Å². The second-order valence-electron chi connectivity index (χ2n) is 6.25. The van der Waals surface area contributed by atoms with E-state index in [4.69, 9.17) is 0 Å². The molecule has 21 heavy (non-hydrogen) atoms. The first kappa shape index (κ1) is 20.8. The van der Waals surface area contributed by atoms with Crippen LogP contribution in [0.25, 0.3) is 0 Å². The van der Waals surface area contributed by atoms with Gasteiger partial charge < -0.3 is 0 Å². The van der Waals surface area contributed by atoms with Crippen molar-refractivity contribution in [3.63, 3.8) is 0 Å². The van der Waals surface area contributed by atoms with Crippen molar-refractivity contribution >= 4 is 24.4 Å². The van der Waals surface area contributed by atoms with Crippen molar-refractivity contribution in [2.24, 2.45) is 0 Å². The Balaban J connectivity index is -0.000000308. The first-order chi connectivity index (χ1) is 9.11. The summed E-state index contributed by atoms with van der Waals surface area (Å²) in [7, 11) is 0. The van der Waals surface area contributed by atoms with Crippen LogP contribution >= 0.6 is 0 Å². The molecular formula is C20H34Sb. The molecule has 5 radical (unpaired) electrons. The van der Waals surface area contributed by atoms with Gasteiger partial charge in [0.1, 0.15) is 0 Å². The molecule has 0 fully saturated rings. The zero-order chi connectivity index (χ0) is 15.8. The Hall–Kier alpha value is -0.222. The molecule has 1 heteroatoms. The van der Waals surface area contributed by atoms with E-state index in [0.717, 1.165) is 0 Å². The third kappa shape index (κ3) is 3.95. The number of allylic oxidation sites excluding steroid dienone is 8. The van der Waals surface area contributed by atoms with Gasteiger partial charge in [-0.3, -0.25) is 0 Å². The predicted molar refractivity (Wildman–Crippen MR) is 101 cm³/mol. The summed E-state index contributed by atoms with van der Waals surface area (Å²) in [6.45, 7) is 22.0. The molecule has 0 nitrogen and oxygen atoms in total. The summed E-state index contributed by atoms with van der Waals surface area (Å²) in [5.41, 5.74) is 11.7. The molecule has 0 amide bonds. The van der Waals surface area contributed by atoms with Gasteiger partial charge in [-0.05, 0) is 77.7 Å². The molecule has 2 rings (SSSR count). The minimum atomic E-state index is 0. The van der Waals surface area contributed by atoms with Gasteiger partial charge in [-0.1, -0.05) is 36.1 Å². The van der Waals surface area contributed by atoms with Crippen molar-refractivity contribution in [2.75, 3.05) is 0 Å². The number of rotatable bonds is 0. The molecule has 0 bridgehead atoms. The van der Waals surface area contributed by atoms with Gasteiger partial charge in [0.15, 0.2) is 0 Å². The first-order valence-corrected chi connectivity index (χ1v) is 7.50. The average molecular weight is 396 g/mol. The number of hydrogen-bond acceptors (Lipinski definition) is 0. The van der Waals surface area contributed by atoms with Gasteiger partial charge in [0.25, 0.3) is 0 Å². The Bertz CT molecular complexity index is 450. The van der Waals surface area contributed by atoms with Crippen LogP contribution in [-0.2, 0) is 0 Å². The van der Waals surface area contributed by atoms with E-state index >= 15 is 0 Å². The zero-order valence-electron chi connectivity index (χ0n) is 15.4. The van der Waals surface area contributed by atoms with Crippen molar-refractivity contribution in [3.05, 3.63) is 56.4 Å². The predicted octanol–water partition coefficient (Wildman–Crippen LogP) is 6.65. The fraction of sp³-hybridized carbons (Fsp3) is 0.500. The fourth-order valence-corrected chi connectivity index (χ4v) is 2.81. The molecule has 2 aliphatic rings. The van der Waals surface area contributed by atoms with E-state index in [1.807, 2.05) is 0 Å². The molecule has 0 aromatic carbocycles. The normalized spacial score (nSPS) is 20.3. The van der Waals surface area contributed by atoms with E-state index < -0.39 is 0 Å². The number of hydrogen-bond donors (Lipinski definition) is 0. The molecule has 0 heterocycles. The summed E-state index contributed by atoms with van der Waals surface area (Å²) < 4.78 is 0. The minimum Gasteiger partial charge on any atom is -0.0589 e. The summed E-state index contributed by atoms with van der Waals surface area (Å²) in [5, 5.41) is 0. The third-order valence-electron chi connectivity index (χ3n) is 5.62. The van der Waals surface area contributed by atoms with Crippen LogP contribution in [0.3, 0.4) is 0 Å². The molecule has 0 aliphatic heterocycles. The summed E-state index contributed by atoms with van der Waals surface area (Å²) in [5.74, 6) is 2.94. The largest absolute Gasteiger partial charge is 0.0589 e. The smallest absolute Gasteiger partial charge is 0.0226 e.